The van der Waals surface area contributed by atoms with Crippen molar-refractivity contribution in [2.24, 2.45) is 0 Å². The van der Waals surface area contributed by atoms with Gasteiger partial charge in [-0.25, -0.2) is 0 Å². The summed E-state index contributed by atoms with van der Waals surface area (Å²) >= 11 is 0. The fourth-order valence-electron chi connectivity index (χ4n) is 12.6. The van der Waals surface area contributed by atoms with Crippen LogP contribution in [0, 0.1) is 0 Å². The van der Waals surface area contributed by atoms with Crippen LogP contribution in [-0.2, 0) is 21.7 Å². The molecule has 5 heteroatoms. The molecule has 0 bridgehead atoms. The second kappa shape index (κ2) is 13.2. The van der Waals surface area contributed by atoms with Crippen LogP contribution in [0.25, 0.3) is 93.6 Å². The van der Waals surface area contributed by atoms with Crippen LogP contribution in [0.2, 0.25) is 0 Å². The summed E-state index contributed by atoms with van der Waals surface area (Å²) in [5.41, 5.74) is 23.5. The third-order valence-electron chi connectivity index (χ3n) is 16.6. The Kier molecular flexibility index (Phi) is 7.77. The van der Waals surface area contributed by atoms with Gasteiger partial charge in [-0.3, -0.25) is 0 Å². The van der Waals surface area contributed by atoms with E-state index in [2.05, 4.69) is 213 Å². The number of furan rings is 2. The number of hydrogen-bond donors (Lipinski definition) is 1. The Morgan fingerprint density at radius 2 is 1.19 bits per heavy atom. The zero-order chi connectivity index (χ0) is 46.4. The van der Waals surface area contributed by atoms with Crippen molar-refractivity contribution in [2.45, 2.75) is 96.8 Å². The average Bonchev–Trinajstić information content (AvgIpc) is 4.02. The van der Waals surface area contributed by atoms with Gasteiger partial charge < -0.3 is 18.7 Å². The molecule has 2 aliphatic carbocycles. The Bertz CT molecular complexity index is 4030. The molecule has 0 amide bonds. The minimum absolute atomic E-state index is 0.0513. The van der Waals surface area contributed by atoms with Crippen LogP contribution in [-0.4, -0.2) is 11.8 Å². The molecule has 4 heterocycles. The van der Waals surface area contributed by atoms with E-state index in [0.717, 1.165) is 79.3 Å². The van der Waals surface area contributed by atoms with Crippen molar-refractivity contribution in [1.29, 1.82) is 0 Å². The highest BCUT2D eigenvalue weighted by atomic mass is 16.3. The minimum Gasteiger partial charge on any atom is -0.456 e. The quantitative estimate of drug-likeness (QED) is 0.180. The predicted octanol–water partition coefficient (Wildman–Crippen LogP) is 15.9. The number of rotatable bonds is 3. The molecule has 1 radical (unpaired) electrons. The standard InChI is InChI=1S/C63H54BN2O2/c1-60(2,3)34-18-20-35(21-19-34)65-51-28-44-43-27-48-49(62(6,7)25-24-61(48,4)5)32-56(43)68-55(44)30-41(51)38-22-23-39-42-26-40-36-14-10-12-16-46(36)63(8,9)47(40)31-52(42)66-53-29-45-37-15-11-13-17-54(37)67-57(45)33-50(53)64-58(38)59(39)66/h10-23,26-33,65H,24-25H2,1-9H3. The molecule has 0 spiro atoms. The smallest absolute Gasteiger partial charge is 0.198 e. The third kappa shape index (κ3) is 5.45. The second-order valence-electron chi connectivity index (χ2n) is 23.1. The number of anilines is 2. The number of nitrogens with zero attached hydrogens (tertiary/aromatic N) is 1. The van der Waals surface area contributed by atoms with Crippen LogP contribution in [0.15, 0.2) is 142 Å². The van der Waals surface area contributed by atoms with Gasteiger partial charge in [0.1, 0.15) is 22.3 Å². The van der Waals surface area contributed by atoms with Gasteiger partial charge >= 0.3 is 0 Å². The van der Waals surface area contributed by atoms with E-state index in [1.807, 2.05) is 0 Å². The summed E-state index contributed by atoms with van der Waals surface area (Å²) in [6, 6.07) is 50.2. The normalized spacial score (nSPS) is 16.4. The molecule has 11 aromatic rings. The molecule has 8 aromatic carbocycles. The van der Waals surface area contributed by atoms with Gasteiger partial charge in [-0.1, -0.05) is 135 Å². The van der Waals surface area contributed by atoms with Gasteiger partial charge in [0, 0.05) is 65.9 Å². The van der Waals surface area contributed by atoms with Gasteiger partial charge in [-0.05, 0) is 146 Å². The molecule has 331 valence electrons. The van der Waals surface area contributed by atoms with Gasteiger partial charge in [0.05, 0.1) is 5.52 Å². The molecule has 0 atom stereocenters. The molecule has 14 rings (SSSR count). The Hall–Kier alpha value is -6.98. The minimum atomic E-state index is -0.141. The first kappa shape index (κ1) is 40.1. The summed E-state index contributed by atoms with van der Waals surface area (Å²) in [6.45, 7) is 21.2. The van der Waals surface area contributed by atoms with Crippen molar-refractivity contribution in [1.82, 2.24) is 4.57 Å². The second-order valence-corrected chi connectivity index (χ2v) is 23.1. The van der Waals surface area contributed by atoms with Crippen LogP contribution < -0.4 is 16.2 Å². The predicted molar refractivity (Wildman–Crippen MR) is 287 cm³/mol. The SMILES string of the molecule is CC(C)(C)c1ccc(Nc2cc3c(cc2-c2ccc4c5cc6c(cc5n5c4c2[B]c2cc4oc7ccccc7c4cc2-5)C(C)(C)c2ccccc2-6)oc2cc4c(cc23)C(C)(C)CCC4(C)C)cc1. The summed E-state index contributed by atoms with van der Waals surface area (Å²) < 4.78 is 16.2. The zero-order valence-corrected chi connectivity index (χ0v) is 40.5. The first-order chi connectivity index (χ1) is 32.5. The lowest BCUT2D eigenvalue weighted by Crippen LogP contribution is -2.37. The largest absolute Gasteiger partial charge is 0.456 e. The Morgan fingerprint density at radius 3 is 1.99 bits per heavy atom. The van der Waals surface area contributed by atoms with Gasteiger partial charge in [-0.2, -0.15) is 0 Å². The van der Waals surface area contributed by atoms with E-state index in [1.54, 1.807) is 0 Å². The molecular weight excluding hydrogens is 828 g/mol. The van der Waals surface area contributed by atoms with Crippen LogP contribution in [0.5, 0.6) is 0 Å². The van der Waals surface area contributed by atoms with Crippen LogP contribution in [0.3, 0.4) is 0 Å². The first-order valence-corrected chi connectivity index (χ1v) is 24.5. The van der Waals surface area contributed by atoms with E-state index in [0.29, 0.717) is 0 Å². The van der Waals surface area contributed by atoms with Crippen molar-refractivity contribution in [3.8, 4) is 27.9 Å². The van der Waals surface area contributed by atoms with E-state index in [1.165, 1.54) is 77.3 Å². The summed E-state index contributed by atoms with van der Waals surface area (Å²) in [4.78, 5) is 0. The van der Waals surface area contributed by atoms with E-state index in [4.69, 9.17) is 8.83 Å². The topological polar surface area (TPSA) is 43.2 Å². The highest BCUT2D eigenvalue weighted by Crippen LogP contribution is 2.53. The maximum absolute atomic E-state index is 7.02. The molecule has 0 unspecified atom stereocenters. The fraction of sp³-hybridized carbons (Fsp3) is 0.238. The Balaban J connectivity index is 1.06. The van der Waals surface area contributed by atoms with Gasteiger partial charge in [0.15, 0.2) is 7.28 Å². The van der Waals surface area contributed by atoms with Crippen LogP contribution in [0.1, 0.15) is 103 Å². The lowest BCUT2D eigenvalue weighted by Gasteiger charge is -2.41. The summed E-state index contributed by atoms with van der Waals surface area (Å²) in [6.07, 6.45) is 2.31. The monoisotopic (exact) mass is 881 g/mol. The number of fused-ring (bicyclic) bond motifs is 15. The van der Waals surface area contributed by atoms with Crippen molar-refractivity contribution in [3.05, 3.63) is 161 Å². The number of aromatic nitrogens is 1. The lowest BCUT2D eigenvalue weighted by atomic mass is 9.59. The summed E-state index contributed by atoms with van der Waals surface area (Å²) in [5.74, 6) is 0. The maximum atomic E-state index is 7.02. The summed E-state index contributed by atoms with van der Waals surface area (Å²) in [5, 5.41) is 11.0. The first-order valence-electron chi connectivity index (χ1n) is 24.5. The fourth-order valence-corrected chi connectivity index (χ4v) is 12.6. The van der Waals surface area contributed by atoms with Crippen molar-refractivity contribution in [3.63, 3.8) is 0 Å². The zero-order valence-electron chi connectivity index (χ0n) is 40.5. The third-order valence-corrected chi connectivity index (χ3v) is 16.6. The number of nitrogens with one attached hydrogen (secondary N) is 1. The molecule has 0 fully saturated rings. The van der Waals surface area contributed by atoms with Gasteiger partial charge in [0.25, 0.3) is 0 Å². The van der Waals surface area contributed by atoms with Crippen molar-refractivity contribution >= 4 is 95.3 Å². The van der Waals surface area contributed by atoms with E-state index in [9.17, 15) is 0 Å². The van der Waals surface area contributed by atoms with E-state index < -0.39 is 0 Å². The molecule has 1 N–H and O–H groups in total. The number of benzene rings is 8. The Morgan fingerprint density at radius 1 is 0.515 bits per heavy atom. The number of hydrogen-bond acceptors (Lipinski definition) is 3. The summed E-state index contributed by atoms with van der Waals surface area (Å²) in [7, 11) is 2.41. The van der Waals surface area contributed by atoms with Gasteiger partial charge in [-0.15, -0.1) is 0 Å². The van der Waals surface area contributed by atoms with Crippen LogP contribution in [0.4, 0.5) is 11.4 Å². The molecule has 1 aliphatic heterocycles. The molecule has 0 saturated carbocycles. The van der Waals surface area contributed by atoms with E-state index in [-0.39, 0.29) is 21.7 Å². The lowest BCUT2D eigenvalue weighted by molar-refractivity contribution is 0.332. The molecule has 68 heavy (non-hydrogen) atoms. The molecule has 0 saturated heterocycles. The van der Waals surface area contributed by atoms with Gasteiger partial charge in [0.2, 0.25) is 0 Å². The highest BCUT2D eigenvalue weighted by Gasteiger charge is 2.39. The molecule has 3 aromatic heterocycles. The Labute approximate surface area is 398 Å². The van der Waals surface area contributed by atoms with Crippen molar-refractivity contribution < 1.29 is 8.83 Å². The number of para-hydroxylation sites is 1. The molecule has 3 aliphatic rings. The van der Waals surface area contributed by atoms with Crippen LogP contribution >= 0.6 is 0 Å². The molecule has 4 nitrogen and oxygen atoms in total. The van der Waals surface area contributed by atoms with Crippen molar-refractivity contribution in [2.75, 3.05) is 5.32 Å². The average molecular weight is 882 g/mol. The van der Waals surface area contributed by atoms with E-state index >= 15 is 0 Å². The maximum Gasteiger partial charge on any atom is 0.198 e. The molecular formula is C63H54BN2O2. The highest BCUT2D eigenvalue weighted by molar-refractivity contribution is 6.73.